The summed E-state index contributed by atoms with van der Waals surface area (Å²) in [6.07, 6.45) is 6.77. The van der Waals surface area contributed by atoms with E-state index < -0.39 is 10.0 Å². The summed E-state index contributed by atoms with van der Waals surface area (Å²) in [5, 5.41) is 6.52. The third kappa shape index (κ3) is 3.60. The lowest BCUT2D eigenvalue weighted by molar-refractivity contribution is 0.412. The Morgan fingerprint density at radius 2 is 1.81 bits per heavy atom. The van der Waals surface area contributed by atoms with Crippen LogP contribution in [0.4, 0.5) is 0 Å². The average Bonchev–Trinajstić information content (AvgIpc) is 3.33. The molecule has 2 aromatic heterocycles. The highest BCUT2D eigenvalue weighted by Gasteiger charge is 2.28. The third-order valence-corrected chi connectivity index (χ3v) is 7.07. The Hall–Kier alpha value is -1.96. The van der Waals surface area contributed by atoms with Crippen LogP contribution in [0.2, 0.25) is 0 Å². The molecule has 1 N–H and O–H groups in total. The van der Waals surface area contributed by atoms with Gasteiger partial charge in [-0.2, -0.15) is 5.10 Å². The third-order valence-electron chi connectivity index (χ3n) is 4.67. The lowest BCUT2D eigenvalue weighted by Gasteiger charge is -2.22. The van der Waals surface area contributed by atoms with Crippen LogP contribution >= 0.6 is 11.3 Å². The van der Waals surface area contributed by atoms with Crippen molar-refractivity contribution < 1.29 is 8.42 Å². The molecule has 0 unspecified atom stereocenters. The molecule has 0 atom stereocenters. The van der Waals surface area contributed by atoms with Crippen molar-refractivity contribution >= 4 is 21.4 Å². The molecule has 1 aliphatic carbocycles. The van der Waals surface area contributed by atoms with E-state index in [1.54, 1.807) is 10.9 Å². The van der Waals surface area contributed by atoms with Crippen LogP contribution in [0.25, 0.3) is 16.3 Å². The van der Waals surface area contributed by atoms with Gasteiger partial charge >= 0.3 is 0 Å². The fourth-order valence-corrected chi connectivity index (χ4v) is 5.59. The second-order valence-corrected chi connectivity index (χ2v) is 9.19. The molecule has 0 spiro atoms. The molecule has 1 fully saturated rings. The molecule has 0 bridgehead atoms. The molecule has 136 valence electrons. The standard InChI is InChI=1S/C19H21N3O2S2/c23-26(24,21-15-8-3-1-4-9-15)18-14-22(16-10-5-2-6-11-16)20-19(18)17-12-7-13-25-17/h2,5-7,10-15,21H,1,3-4,8-9H2. The molecule has 1 aliphatic rings. The molecule has 0 radical (unpaired) electrons. The number of sulfonamides is 1. The lowest BCUT2D eigenvalue weighted by atomic mass is 9.96. The van der Waals surface area contributed by atoms with Gasteiger partial charge in [-0.1, -0.05) is 43.5 Å². The number of rotatable bonds is 5. The zero-order chi connectivity index (χ0) is 18.0. The first-order chi connectivity index (χ1) is 12.6. The summed E-state index contributed by atoms with van der Waals surface area (Å²) in [4.78, 5) is 1.10. The number of hydrogen-bond donors (Lipinski definition) is 1. The van der Waals surface area contributed by atoms with Crippen LogP contribution in [-0.4, -0.2) is 24.2 Å². The summed E-state index contributed by atoms with van der Waals surface area (Å²) < 4.78 is 30.7. The van der Waals surface area contributed by atoms with E-state index in [4.69, 9.17) is 0 Å². The van der Waals surface area contributed by atoms with E-state index in [1.807, 2.05) is 47.8 Å². The van der Waals surface area contributed by atoms with E-state index in [2.05, 4.69) is 9.82 Å². The minimum absolute atomic E-state index is 0.0185. The quantitative estimate of drug-likeness (QED) is 0.713. The van der Waals surface area contributed by atoms with Crippen molar-refractivity contribution in [1.82, 2.24) is 14.5 Å². The van der Waals surface area contributed by atoms with Crippen LogP contribution in [0.5, 0.6) is 0 Å². The maximum absolute atomic E-state index is 13.1. The van der Waals surface area contributed by atoms with E-state index in [1.165, 1.54) is 17.8 Å². The highest BCUT2D eigenvalue weighted by Crippen LogP contribution is 2.31. The molecule has 0 aliphatic heterocycles. The van der Waals surface area contributed by atoms with Gasteiger partial charge in [0.2, 0.25) is 10.0 Å². The first-order valence-corrected chi connectivity index (χ1v) is 11.2. The molecule has 5 nitrogen and oxygen atoms in total. The number of para-hydroxylation sites is 1. The van der Waals surface area contributed by atoms with Crippen LogP contribution in [-0.2, 0) is 10.0 Å². The molecular formula is C19H21N3O2S2. The molecule has 7 heteroatoms. The Bertz CT molecular complexity index is 958. The predicted octanol–water partition coefficient (Wildman–Crippen LogP) is 4.21. The Balaban J connectivity index is 1.75. The summed E-state index contributed by atoms with van der Waals surface area (Å²) in [5.74, 6) is 0. The van der Waals surface area contributed by atoms with Gasteiger partial charge in [-0.3, -0.25) is 0 Å². The summed E-state index contributed by atoms with van der Waals surface area (Å²) in [7, 11) is -3.63. The smallest absolute Gasteiger partial charge is 0.239 e. The first kappa shape index (κ1) is 17.5. The molecule has 1 saturated carbocycles. The van der Waals surface area contributed by atoms with Gasteiger partial charge in [0.25, 0.3) is 0 Å². The van der Waals surface area contributed by atoms with Crippen LogP contribution < -0.4 is 4.72 Å². The van der Waals surface area contributed by atoms with E-state index in [0.29, 0.717) is 5.69 Å². The van der Waals surface area contributed by atoms with Crippen molar-refractivity contribution in [3.05, 3.63) is 54.0 Å². The van der Waals surface area contributed by atoms with Crippen LogP contribution in [0.3, 0.4) is 0 Å². The average molecular weight is 388 g/mol. The number of nitrogens with zero attached hydrogens (tertiary/aromatic N) is 2. The van der Waals surface area contributed by atoms with E-state index in [-0.39, 0.29) is 10.9 Å². The Morgan fingerprint density at radius 1 is 1.04 bits per heavy atom. The van der Waals surface area contributed by atoms with Crippen LogP contribution in [0, 0.1) is 0 Å². The van der Waals surface area contributed by atoms with Gasteiger partial charge in [0, 0.05) is 6.04 Å². The van der Waals surface area contributed by atoms with Gasteiger partial charge in [-0.25, -0.2) is 17.8 Å². The first-order valence-electron chi connectivity index (χ1n) is 8.85. The largest absolute Gasteiger partial charge is 0.244 e. The highest BCUT2D eigenvalue weighted by atomic mass is 32.2. The summed E-state index contributed by atoms with van der Waals surface area (Å²) in [5.41, 5.74) is 1.34. The molecule has 3 aromatic rings. The van der Waals surface area contributed by atoms with Crippen molar-refractivity contribution in [2.75, 3.05) is 0 Å². The Morgan fingerprint density at radius 3 is 2.50 bits per heavy atom. The second-order valence-electron chi connectivity index (χ2n) is 6.56. The summed E-state index contributed by atoms with van der Waals surface area (Å²) >= 11 is 1.49. The van der Waals surface area contributed by atoms with Gasteiger partial charge < -0.3 is 0 Å². The molecule has 2 heterocycles. The fourth-order valence-electron chi connectivity index (χ4n) is 3.36. The number of thiophene rings is 1. The van der Waals surface area contributed by atoms with Gasteiger partial charge in [-0.15, -0.1) is 11.3 Å². The lowest BCUT2D eigenvalue weighted by Crippen LogP contribution is -2.36. The van der Waals surface area contributed by atoms with E-state index in [0.717, 1.165) is 36.2 Å². The number of aromatic nitrogens is 2. The van der Waals surface area contributed by atoms with Crippen molar-refractivity contribution in [2.24, 2.45) is 0 Å². The monoisotopic (exact) mass is 387 g/mol. The molecule has 0 amide bonds. The highest BCUT2D eigenvalue weighted by molar-refractivity contribution is 7.89. The number of nitrogens with one attached hydrogen (secondary N) is 1. The number of benzene rings is 1. The molecule has 4 rings (SSSR count). The van der Waals surface area contributed by atoms with E-state index in [9.17, 15) is 8.42 Å². The minimum Gasteiger partial charge on any atom is -0.239 e. The SMILES string of the molecule is O=S(=O)(NC1CCCCC1)c1cn(-c2ccccc2)nc1-c1cccs1. The predicted molar refractivity (Wildman–Crippen MR) is 104 cm³/mol. The zero-order valence-electron chi connectivity index (χ0n) is 14.3. The summed E-state index contributed by atoms with van der Waals surface area (Å²) in [6, 6.07) is 13.4. The normalized spacial score (nSPS) is 16.0. The van der Waals surface area contributed by atoms with E-state index >= 15 is 0 Å². The topological polar surface area (TPSA) is 64.0 Å². The van der Waals surface area contributed by atoms with Crippen molar-refractivity contribution in [3.8, 4) is 16.3 Å². The maximum atomic E-state index is 13.1. The Labute approximate surface area is 157 Å². The molecular weight excluding hydrogens is 366 g/mol. The van der Waals surface area contributed by atoms with Gasteiger partial charge in [0.1, 0.15) is 10.6 Å². The van der Waals surface area contributed by atoms with Crippen molar-refractivity contribution in [1.29, 1.82) is 0 Å². The van der Waals surface area contributed by atoms with Gasteiger partial charge in [0.15, 0.2) is 0 Å². The van der Waals surface area contributed by atoms with Gasteiger partial charge in [0.05, 0.1) is 16.8 Å². The molecule has 0 saturated heterocycles. The second kappa shape index (κ2) is 7.34. The van der Waals surface area contributed by atoms with Crippen molar-refractivity contribution in [3.63, 3.8) is 0 Å². The molecule has 26 heavy (non-hydrogen) atoms. The fraction of sp³-hybridized carbons (Fsp3) is 0.316. The molecule has 1 aromatic carbocycles. The zero-order valence-corrected chi connectivity index (χ0v) is 16.0. The van der Waals surface area contributed by atoms with Crippen LogP contribution in [0.15, 0.2) is 58.9 Å². The Kier molecular flexibility index (Phi) is 4.93. The minimum atomic E-state index is -3.63. The van der Waals surface area contributed by atoms with Gasteiger partial charge in [-0.05, 0) is 36.4 Å². The maximum Gasteiger partial charge on any atom is 0.244 e. The van der Waals surface area contributed by atoms with Crippen LogP contribution in [0.1, 0.15) is 32.1 Å². The summed E-state index contributed by atoms with van der Waals surface area (Å²) in [6.45, 7) is 0. The number of hydrogen-bond acceptors (Lipinski definition) is 4. The van der Waals surface area contributed by atoms with Crippen molar-refractivity contribution in [2.45, 2.75) is 43.0 Å².